The lowest BCUT2D eigenvalue weighted by Gasteiger charge is -2.21. The average molecular weight is 438 g/mol. The number of piperidine rings is 1. The van der Waals surface area contributed by atoms with E-state index in [0.29, 0.717) is 32.0 Å². The maximum absolute atomic E-state index is 12.2. The molecule has 4 rings (SSSR count). The highest BCUT2D eigenvalue weighted by molar-refractivity contribution is 5.75. The number of carbonyl (C=O) groups excluding carboxylic acids is 1. The average Bonchev–Trinajstić information content (AvgIpc) is 3.00. The first-order valence-electron chi connectivity index (χ1n) is 11.4. The second-order valence-corrected chi connectivity index (χ2v) is 8.27. The van der Waals surface area contributed by atoms with E-state index in [0.717, 1.165) is 59.7 Å². The quantitative estimate of drug-likeness (QED) is 0.492. The first kappa shape index (κ1) is 22.4. The van der Waals surface area contributed by atoms with Crippen LogP contribution in [-0.4, -0.2) is 54.3 Å². The third kappa shape index (κ3) is 5.49. The molecule has 2 atom stereocenters. The fourth-order valence-electron chi connectivity index (χ4n) is 3.99. The Kier molecular flexibility index (Phi) is 7.44. The van der Waals surface area contributed by atoms with E-state index in [1.54, 1.807) is 12.4 Å². The number of carbonyl (C=O) groups is 1. The van der Waals surface area contributed by atoms with Crippen LogP contribution in [0.4, 0.5) is 0 Å². The van der Waals surface area contributed by atoms with Crippen molar-refractivity contribution < 1.29 is 14.3 Å². The van der Waals surface area contributed by atoms with Gasteiger partial charge in [-0.3, -0.25) is 9.79 Å². The number of aryl methyl sites for hydroxylation is 1. The van der Waals surface area contributed by atoms with Gasteiger partial charge in [0.2, 0.25) is 0 Å². The molecular weight excluding hydrogens is 406 g/mol. The Labute approximate surface area is 188 Å². The molecule has 0 aliphatic carbocycles. The minimum atomic E-state index is -0.180. The van der Waals surface area contributed by atoms with Crippen LogP contribution in [0.2, 0.25) is 0 Å². The normalized spacial score (nSPS) is 20.3. The van der Waals surface area contributed by atoms with Crippen LogP contribution in [0.1, 0.15) is 37.9 Å². The molecule has 170 valence electrons. The van der Waals surface area contributed by atoms with Crippen molar-refractivity contribution in [3.05, 3.63) is 40.9 Å². The van der Waals surface area contributed by atoms with Crippen molar-refractivity contribution >= 4 is 12.0 Å². The number of benzene rings is 1. The van der Waals surface area contributed by atoms with E-state index >= 15 is 0 Å². The Balaban J connectivity index is 1.49. The standard InChI is InChI=1S/C24H31N5O3/c1-16-28-14-17(15-29-16)19-6-7-21-20(13-18(25)8-10-27-21)23(19)31-11-4-12-32-24(30)22-5-2-3-9-26-22/h6-7,13-15,18,22,26H,2-5,8-12,25H2,1H3. The van der Waals surface area contributed by atoms with Gasteiger partial charge in [-0.2, -0.15) is 0 Å². The summed E-state index contributed by atoms with van der Waals surface area (Å²) >= 11 is 0. The molecule has 3 N–H and O–H groups in total. The van der Waals surface area contributed by atoms with Gasteiger partial charge in [0.05, 0.1) is 18.6 Å². The molecular formula is C24H31N5O3. The van der Waals surface area contributed by atoms with Gasteiger partial charge in [-0.05, 0) is 44.9 Å². The van der Waals surface area contributed by atoms with Gasteiger partial charge < -0.3 is 20.5 Å². The van der Waals surface area contributed by atoms with Crippen molar-refractivity contribution in [3.63, 3.8) is 0 Å². The summed E-state index contributed by atoms with van der Waals surface area (Å²) in [6.07, 6.45) is 10.0. The van der Waals surface area contributed by atoms with Gasteiger partial charge in [0.1, 0.15) is 17.6 Å². The fourth-order valence-corrected chi connectivity index (χ4v) is 3.99. The number of nitrogens with zero attached hydrogens (tertiary/aromatic N) is 3. The Bertz CT molecular complexity index is 1050. The highest BCUT2D eigenvalue weighted by Gasteiger charge is 2.21. The topological polar surface area (TPSA) is 112 Å². The molecule has 1 aromatic heterocycles. The van der Waals surface area contributed by atoms with Gasteiger partial charge in [-0.15, -0.1) is 0 Å². The number of hydrogen-bond acceptors (Lipinski definition) is 8. The summed E-state index contributed by atoms with van der Waals surface area (Å²) in [5.41, 5.74) is 8.01. The predicted octanol–water partition coefficient (Wildman–Crippen LogP) is 1.04. The van der Waals surface area contributed by atoms with Crippen LogP contribution < -0.4 is 26.4 Å². The van der Waals surface area contributed by atoms with Crippen molar-refractivity contribution in [3.8, 4) is 16.9 Å². The van der Waals surface area contributed by atoms with E-state index in [9.17, 15) is 4.79 Å². The van der Waals surface area contributed by atoms with Crippen LogP contribution in [0, 0.1) is 6.92 Å². The van der Waals surface area contributed by atoms with Gasteiger partial charge in [-0.25, -0.2) is 9.97 Å². The minimum Gasteiger partial charge on any atom is -0.492 e. The minimum absolute atomic E-state index is 0.0872. The number of nitrogens with one attached hydrogen (secondary N) is 1. The third-order valence-electron chi connectivity index (χ3n) is 5.76. The number of nitrogens with two attached hydrogens (primary N) is 1. The lowest BCUT2D eigenvalue weighted by Crippen LogP contribution is -2.41. The van der Waals surface area contributed by atoms with Gasteiger partial charge in [0.25, 0.3) is 0 Å². The largest absolute Gasteiger partial charge is 0.492 e. The molecule has 0 radical (unpaired) electrons. The zero-order chi connectivity index (χ0) is 22.3. The summed E-state index contributed by atoms with van der Waals surface area (Å²) in [5, 5.41) is 4.99. The van der Waals surface area contributed by atoms with Crippen LogP contribution in [0.15, 0.2) is 29.5 Å². The molecule has 2 aromatic rings. The zero-order valence-corrected chi connectivity index (χ0v) is 18.5. The maximum atomic E-state index is 12.2. The molecule has 32 heavy (non-hydrogen) atoms. The second-order valence-electron chi connectivity index (χ2n) is 8.27. The Morgan fingerprint density at radius 1 is 1.19 bits per heavy atom. The van der Waals surface area contributed by atoms with Crippen LogP contribution in [0.5, 0.6) is 5.75 Å². The monoisotopic (exact) mass is 437 g/mol. The number of hydrogen-bond donors (Lipinski definition) is 2. The SMILES string of the molecule is Cc1ncc(-c2ccc3c(c2OCCCOC(=O)C2CCCCN2)=CC(N)CCN=3)cn1. The fraction of sp³-hybridized carbons (Fsp3) is 0.500. The molecule has 1 saturated heterocycles. The summed E-state index contributed by atoms with van der Waals surface area (Å²) in [6, 6.07) is 3.71. The van der Waals surface area contributed by atoms with Crippen molar-refractivity contribution in [2.45, 2.75) is 51.1 Å². The molecule has 2 aliphatic heterocycles. The van der Waals surface area contributed by atoms with E-state index in [1.807, 2.05) is 25.1 Å². The van der Waals surface area contributed by atoms with E-state index < -0.39 is 0 Å². The van der Waals surface area contributed by atoms with Crippen molar-refractivity contribution in [2.24, 2.45) is 10.7 Å². The van der Waals surface area contributed by atoms with E-state index in [1.165, 1.54) is 0 Å². The molecule has 8 nitrogen and oxygen atoms in total. The van der Waals surface area contributed by atoms with Crippen LogP contribution in [-0.2, 0) is 9.53 Å². The molecule has 0 saturated carbocycles. The zero-order valence-electron chi connectivity index (χ0n) is 18.5. The summed E-state index contributed by atoms with van der Waals surface area (Å²) in [7, 11) is 0. The first-order chi connectivity index (χ1) is 15.6. The summed E-state index contributed by atoms with van der Waals surface area (Å²) in [6.45, 7) is 4.14. The van der Waals surface area contributed by atoms with Crippen molar-refractivity contribution in [2.75, 3.05) is 26.3 Å². The third-order valence-corrected chi connectivity index (χ3v) is 5.76. The maximum Gasteiger partial charge on any atom is 0.323 e. The number of rotatable bonds is 7. The molecule has 0 bridgehead atoms. The number of fused-ring (bicyclic) bond motifs is 1. The molecule has 0 amide bonds. The van der Waals surface area contributed by atoms with Crippen LogP contribution >= 0.6 is 0 Å². The van der Waals surface area contributed by atoms with E-state index in [4.69, 9.17) is 15.2 Å². The van der Waals surface area contributed by atoms with Crippen molar-refractivity contribution in [1.82, 2.24) is 15.3 Å². The summed E-state index contributed by atoms with van der Waals surface area (Å²) in [4.78, 5) is 25.5. The van der Waals surface area contributed by atoms with Crippen LogP contribution in [0.25, 0.3) is 17.2 Å². The lowest BCUT2D eigenvalue weighted by molar-refractivity contribution is -0.147. The van der Waals surface area contributed by atoms with Gasteiger partial charge in [-0.1, -0.05) is 12.5 Å². The number of esters is 1. The summed E-state index contributed by atoms with van der Waals surface area (Å²) in [5.74, 6) is 1.26. The first-order valence-corrected chi connectivity index (χ1v) is 11.4. The molecule has 1 fully saturated rings. The smallest absolute Gasteiger partial charge is 0.323 e. The molecule has 8 heteroatoms. The Hall–Kier alpha value is -2.84. The summed E-state index contributed by atoms with van der Waals surface area (Å²) < 4.78 is 11.7. The number of ether oxygens (including phenoxy) is 2. The molecule has 2 unspecified atom stereocenters. The molecule has 0 spiro atoms. The lowest BCUT2D eigenvalue weighted by atomic mass is 10.0. The van der Waals surface area contributed by atoms with E-state index in [-0.39, 0.29) is 18.1 Å². The van der Waals surface area contributed by atoms with Gasteiger partial charge in [0, 0.05) is 47.7 Å². The van der Waals surface area contributed by atoms with Crippen LogP contribution in [0.3, 0.4) is 0 Å². The van der Waals surface area contributed by atoms with E-state index in [2.05, 4.69) is 20.3 Å². The van der Waals surface area contributed by atoms with Crippen molar-refractivity contribution in [1.29, 1.82) is 0 Å². The number of aromatic nitrogens is 2. The molecule has 1 aromatic carbocycles. The van der Waals surface area contributed by atoms with Gasteiger partial charge >= 0.3 is 5.97 Å². The predicted molar refractivity (Wildman–Crippen MR) is 122 cm³/mol. The molecule has 2 aliphatic rings. The second kappa shape index (κ2) is 10.7. The highest BCUT2D eigenvalue weighted by Crippen LogP contribution is 2.25. The van der Waals surface area contributed by atoms with Gasteiger partial charge in [0.15, 0.2) is 0 Å². The Morgan fingerprint density at radius 3 is 2.81 bits per heavy atom. The molecule has 3 heterocycles. The Morgan fingerprint density at radius 2 is 2.03 bits per heavy atom. The highest BCUT2D eigenvalue weighted by atomic mass is 16.5.